The molecule has 2 unspecified atom stereocenters. The molecule has 2 rings (SSSR count). The van der Waals surface area contributed by atoms with Gasteiger partial charge in [-0.05, 0) is 25.2 Å². The molecule has 16 heavy (non-hydrogen) atoms. The zero-order valence-corrected chi connectivity index (χ0v) is 10.7. The van der Waals surface area contributed by atoms with Crippen molar-refractivity contribution < 1.29 is 4.79 Å². The summed E-state index contributed by atoms with van der Waals surface area (Å²) in [6.07, 6.45) is 4.30. The summed E-state index contributed by atoms with van der Waals surface area (Å²) in [4.78, 5) is 13.9. The van der Waals surface area contributed by atoms with Gasteiger partial charge in [-0.3, -0.25) is 4.79 Å². The average molecular weight is 224 g/mol. The van der Waals surface area contributed by atoms with Crippen LogP contribution in [0.2, 0.25) is 0 Å². The van der Waals surface area contributed by atoms with Gasteiger partial charge >= 0.3 is 0 Å². The van der Waals surface area contributed by atoms with Crippen LogP contribution in [0.5, 0.6) is 0 Å². The van der Waals surface area contributed by atoms with Crippen LogP contribution < -0.4 is 5.32 Å². The first-order valence-corrected chi connectivity index (χ1v) is 6.67. The van der Waals surface area contributed by atoms with Gasteiger partial charge in [0.1, 0.15) is 0 Å². The van der Waals surface area contributed by atoms with Crippen LogP contribution >= 0.6 is 0 Å². The predicted molar refractivity (Wildman–Crippen MR) is 65.2 cm³/mol. The van der Waals surface area contributed by atoms with Gasteiger partial charge in [0.25, 0.3) is 0 Å². The van der Waals surface area contributed by atoms with E-state index in [0.717, 1.165) is 13.0 Å². The molecule has 92 valence electrons. The fourth-order valence-electron chi connectivity index (χ4n) is 2.67. The second-order valence-corrected chi connectivity index (χ2v) is 5.60. The van der Waals surface area contributed by atoms with Crippen LogP contribution in [0, 0.1) is 5.92 Å². The Labute approximate surface area is 98.6 Å². The summed E-state index contributed by atoms with van der Waals surface area (Å²) >= 11 is 0. The number of hydrogen-bond acceptors (Lipinski definition) is 2. The molecule has 2 atom stereocenters. The lowest BCUT2D eigenvalue weighted by atomic mass is 10.0. The van der Waals surface area contributed by atoms with E-state index in [4.69, 9.17) is 0 Å². The Bertz CT molecular complexity index is 261. The summed E-state index contributed by atoms with van der Waals surface area (Å²) in [5.41, 5.74) is 0. The zero-order valence-electron chi connectivity index (χ0n) is 10.7. The largest absolute Gasteiger partial charge is 0.338 e. The lowest BCUT2D eigenvalue weighted by Crippen LogP contribution is -2.42. The standard InChI is InChI=1S/C13H24N2O/c1-4-12(9(2)3)14-10-7-13(16)15(8-10)11-5-6-11/h9-12,14H,4-8H2,1-3H3. The molecular weight excluding hydrogens is 200 g/mol. The van der Waals surface area contributed by atoms with Crippen molar-refractivity contribution in [2.45, 2.75) is 64.6 Å². The van der Waals surface area contributed by atoms with E-state index in [1.807, 2.05) is 0 Å². The Morgan fingerprint density at radius 2 is 2.12 bits per heavy atom. The quantitative estimate of drug-likeness (QED) is 0.772. The molecule has 1 aliphatic carbocycles. The van der Waals surface area contributed by atoms with E-state index in [0.29, 0.717) is 36.4 Å². The second kappa shape index (κ2) is 4.74. The maximum Gasteiger partial charge on any atom is 0.224 e. The molecule has 1 saturated heterocycles. The van der Waals surface area contributed by atoms with E-state index in [1.54, 1.807) is 0 Å². The van der Waals surface area contributed by atoms with Gasteiger partial charge in [0.05, 0.1) is 0 Å². The summed E-state index contributed by atoms with van der Waals surface area (Å²) in [5, 5.41) is 3.65. The van der Waals surface area contributed by atoms with E-state index < -0.39 is 0 Å². The van der Waals surface area contributed by atoms with Crippen LogP contribution in [0.3, 0.4) is 0 Å². The minimum absolute atomic E-state index is 0.360. The molecular formula is C13H24N2O. The number of nitrogens with zero attached hydrogens (tertiary/aromatic N) is 1. The van der Waals surface area contributed by atoms with Gasteiger partial charge in [-0.25, -0.2) is 0 Å². The molecule has 0 spiro atoms. The molecule has 3 heteroatoms. The van der Waals surface area contributed by atoms with Gasteiger partial charge in [0.2, 0.25) is 5.91 Å². The van der Waals surface area contributed by atoms with Gasteiger partial charge < -0.3 is 10.2 Å². The molecule has 2 aliphatic rings. The third-order valence-electron chi connectivity index (χ3n) is 3.84. The lowest BCUT2D eigenvalue weighted by molar-refractivity contribution is -0.128. The van der Waals surface area contributed by atoms with Crippen molar-refractivity contribution in [2.75, 3.05) is 6.54 Å². The lowest BCUT2D eigenvalue weighted by Gasteiger charge is -2.25. The molecule has 3 nitrogen and oxygen atoms in total. The molecule has 1 heterocycles. The van der Waals surface area contributed by atoms with E-state index in [1.165, 1.54) is 12.8 Å². The average Bonchev–Trinajstić information content (AvgIpc) is 3.00. The number of amides is 1. The molecule has 0 radical (unpaired) electrons. The molecule has 2 fully saturated rings. The van der Waals surface area contributed by atoms with E-state index in [-0.39, 0.29) is 0 Å². The Balaban J connectivity index is 1.85. The van der Waals surface area contributed by atoms with Crippen molar-refractivity contribution in [1.29, 1.82) is 0 Å². The van der Waals surface area contributed by atoms with Gasteiger partial charge in [0.15, 0.2) is 0 Å². The summed E-state index contributed by atoms with van der Waals surface area (Å²) in [6.45, 7) is 7.65. The number of rotatable bonds is 5. The third-order valence-corrected chi connectivity index (χ3v) is 3.84. The fourth-order valence-corrected chi connectivity index (χ4v) is 2.67. The second-order valence-electron chi connectivity index (χ2n) is 5.60. The van der Waals surface area contributed by atoms with Crippen molar-refractivity contribution in [2.24, 2.45) is 5.92 Å². The normalized spacial score (nSPS) is 27.9. The molecule has 0 aromatic rings. The van der Waals surface area contributed by atoms with E-state index in [2.05, 4.69) is 31.0 Å². The van der Waals surface area contributed by atoms with Crippen LogP contribution in [0.1, 0.15) is 46.5 Å². The van der Waals surface area contributed by atoms with Crippen LogP contribution in [-0.4, -0.2) is 35.5 Å². The minimum Gasteiger partial charge on any atom is -0.338 e. The Morgan fingerprint density at radius 1 is 1.44 bits per heavy atom. The molecule has 1 aliphatic heterocycles. The zero-order chi connectivity index (χ0) is 11.7. The summed E-state index contributed by atoms with van der Waals surface area (Å²) in [7, 11) is 0. The minimum atomic E-state index is 0.360. The molecule has 0 aromatic carbocycles. The Hall–Kier alpha value is -0.570. The first-order valence-electron chi connectivity index (χ1n) is 6.67. The first-order chi connectivity index (χ1) is 7.61. The van der Waals surface area contributed by atoms with Gasteiger partial charge in [-0.2, -0.15) is 0 Å². The van der Waals surface area contributed by atoms with Crippen molar-refractivity contribution in [3.8, 4) is 0 Å². The topological polar surface area (TPSA) is 32.3 Å². The molecule has 1 amide bonds. The summed E-state index contributed by atoms with van der Waals surface area (Å²) in [6, 6.07) is 1.52. The van der Waals surface area contributed by atoms with E-state index >= 15 is 0 Å². The molecule has 0 aromatic heterocycles. The third kappa shape index (κ3) is 2.57. The SMILES string of the molecule is CCC(NC1CC(=O)N(C2CC2)C1)C(C)C. The number of likely N-dealkylation sites (tertiary alicyclic amines) is 1. The molecule has 1 saturated carbocycles. The van der Waals surface area contributed by atoms with Crippen molar-refractivity contribution in [3.05, 3.63) is 0 Å². The smallest absolute Gasteiger partial charge is 0.224 e. The van der Waals surface area contributed by atoms with Crippen molar-refractivity contribution >= 4 is 5.91 Å². The first kappa shape index (κ1) is 11.9. The summed E-state index contributed by atoms with van der Waals surface area (Å²) < 4.78 is 0. The number of hydrogen-bond donors (Lipinski definition) is 1. The van der Waals surface area contributed by atoms with Crippen molar-refractivity contribution in [1.82, 2.24) is 10.2 Å². The van der Waals surface area contributed by atoms with E-state index in [9.17, 15) is 4.79 Å². The maximum atomic E-state index is 11.8. The monoisotopic (exact) mass is 224 g/mol. The van der Waals surface area contributed by atoms with Crippen LogP contribution in [0.15, 0.2) is 0 Å². The number of carbonyl (C=O) groups is 1. The highest BCUT2D eigenvalue weighted by Gasteiger charge is 2.39. The Kier molecular flexibility index (Phi) is 3.53. The van der Waals surface area contributed by atoms with Crippen LogP contribution in [0.25, 0.3) is 0 Å². The van der Waals surface area contributed by atoms with Gasteiger partial charge in [-0.15, -0.1) is 0 Å². The van der Waals surface area contributed by atoms with Crippen LogP contribution in [0.4, 0.5) is 0 Å². The number of carbonyl (C=O) groups excluding carboxylic acids is 1. The molecule has 1 N–H and O–H groups in total. The summed E-state index contributed by atoms with van der Waals surface area (Å²) in [5.74, 6) is 1.01. The number of nitrogens with one attached hydrogen (secondary N) is 1. The van der Waals surface area contributed by atoms with Gasteiger partial charge in [0, 0.05) is 31.1 Å². The fraction of sp³-hybridized carbons (Fsp3) is 0.923. The highest BCUT2D eigenvalue weighted by molar-refractivity contribution is 5.80. The van der Waals surface area contributed by atoms with Crippen molar-refractivity contribution in [3.63, 3.8) is 0 Å². The highest BCUT2D eigenvalue weighted by atomic mass is 16.2. The van der Waals surface area contributed by atoms with Gasteiger partial charge in [-0.1, -0.05) is 20.8 Å². The molecule has 0 bridgehead atoms. The highest BCUT2D eigenvalue weighted by Crippen LogP contribution is 2.30. The predicted octanol–water partition coefficient (Wildman–Crippen LogP) is 1.77. The van der Waals surface area contributed by atoms with Crippen LogP contribution in [-0.2, 0) is 4.79 Å². The Morgan fingerprint density at radius 3 is 2.62 bits per heavy atom. The maximum absolute atomic E-state index is 11.8.